The lowest BCUT2D eigenvalue weighted by atomic mass is 9.94. The molecule has 0 unspecified atom stereocenters. The third-order valence-corrected chi connectivity index (χ3v) is 14.2. The van der Waals surface area contributed by atoms with Crippen molar-refractivity contribution in [1.29, 1.82) is 0 Å². The average Bonchev–Trinajstić information content (AvgIpc) is 3.90. The predicted molar refractivity (Wildman–Crippen MR) is 272 cm³/mol. The van der Waals surface area contributed by atoms with Gasteiger partial charge in [-0.15, -0.1) is 11.3 Å². The van der Waals surface area contributed by atoms with Crippen LogP contribution in [-0.4, -0.2) is 4.57 Å². The van der Waals surface area contributed by atoms with Crippen LogP contribution in [0.25, 0.3) is 102 Å². The van der Waals surface area contributed by atoms with Crippen molar-refractivity contribution in [2.45, 2.75) is 0 Å². The second-order valence-electron chi connectivity index (χ2n) is 16.5. The molecule has 0 aliphatic rings. The third kappa shape index (κ3) is 5.71. The molecule has 63 heavy (non-hydrogen) atoms. The lowest BCUT2D eigenvalue weighted by Crippen LogP contribution is -2.09. The number of anilines is 3. The second kappa shape index (κ2) is 14.3. The molecule has 0 N–H and O–H groups in total. The Kier molecular flexibility index (Phi) is 8.12. The summed E-state index contributed by atoms with van der Waals surface area (Å²) in [4.78, 5) is 2.31. The first-order chi connectivity index (χ1) is 31.2. The molecule has 0 radical (unpaired) electrons. The van der Waals surface area contributed by atoms with Gasteiger partial charge in [0, 0.05) is 53.7 Å². The highest BCUT2D eigenvalue weighted by atomic mass is 32.1. The summed E-state index contributed by atoms with van der Waals surface area (Å²) in [6.45, 7) is 0. The Bertz CT molecular complexity index is 3820. The standard InChI is InChI=1S/C60H38N2S/c1-3-14-42(15-4-1)61(43-16-5-2-6-17-43)44-30-26-39(27-31-44)40-28-34-57-55(36-40)56-37-41(46-23-13-24-53-52-22-11-12-25-59(52)63-60(46)53)29-35-58(56)62(57)45-32-33-51-49-20-8-7-18-47(49)48-19-9-10-21-50(48)54(51)38-45/h1-38H. The van der Waals surface area contributed by atoms with Crippen molar-refractivity contribution in [3.63, 3.8) is 0 Å². The number of fused-ring (bicyclic) bond motifs is 12. The largest absolute Gasteiger partial charge is 0.311 e. The molecule has 0 amide bonds. The first-order valence-electron chi connectivity index (χ1n) is 21.6. The summed E-state index contributed by atoms with van der Waals surface area (Å²) in [7, 11) is 0. The van der Waals surface area contributed by atoms with Crippen LogP contribution in [0.1, 0.15) is 0 Å². The highest BCUT2D eigenvalue weighted by Crippen LogP contribution is 2.44. The molecule has 0 spiro atoms. The van der Waals surface area contributed by atoms with Crippen molar-refractivity contribution in [1.82, 2.24) is 4.57 Å². The van der Waals surface area contributed by atoms with Crippen LogP contribution in [0.2, 0.25) is 0 Å². The maximum atomic E-state index is 2.47. The topological polar surface area (TPSA) is 8.17 Å². The van der Waals surface area contributed by atoms with Gasteiger partial charge >= 0.3 is 0 Å². The molecule has 0 aliphatic heterocycles. The van der Waals surface area contributed by atoms with Gasteiger partial charge in [-0.3, -0.25) is 0 Å². The quantitative estimate of drug-likeness (QED) is 0.152. The number of hydrogen-bond donors (Lipinski definition) is 0. The molecule has 0 atom stereocenters. The molecule has 0 saturated carbocycles. The fourth-order valence-electron chi connectivity index (χ4n) is 10.1. The first kappa shape index (κ1) is 35.7. The number of aromatic nitrogens is 1. The predicted octanol–water partition coefficient (Wildman–Crippen LogP) is 17.4. The molecular weight excluding hydrogens is 781 g/mol. The minimum Gasteiger partial charge on any atom is -0.311 e. The molecule has 2 aromatic heterocycles. The van der Waals surface area contributed by atoms with Gasteiger partial charge in [0.05, 0.1) is 11.0 Å². The van der Waals surface area contributed by atoms with E-state index in [-0.39, 0.29) is 0 Å². The number of hydrogen-bond acceptors (Lipinski definition) is 2. The number of thiophene rings is 1. The zero-order valence-corrected chi connectivity index (χ0v) is 35.1. The Morgan fingerprint density at radius 3 is 1.44 bits per heavy atom. The van der Waals surface area contributed by atoms with E-state index in [9.17, 15) is 0 Å². The van der Waals surface area contributed by atoms with Crippen LogP contribution in [0.4, 0.5) is 17.1 Å². The zero-order chi connectivity index (χ0) is 41.4. The molecule has 13 aromatic rings. The lowest BCUT2D eigenvalue weighted by molar-refractivity contribution is 1.19. The van der Waals surface area contributed by atoms with Crippen LogP contribution in [0.15, 0.2) is 231 Å². The number of para-hydroxylation sites is 2. The SMILES string of the molecule is c1ccc(N(c2ccccc2)c2ccc(-c3ccc4c(c3)c3cc(-c5cccc6c5sc5ccccc56)ccc3n4-c3ccc4c5ccccc5c5ccccc5c4c3)cc2)cc1. The van der Waals surface area contributed by atoms with Gasteiger partial charge in [0.25, 0.3) is 0 Å². The van der Waals surface area contributed by atoms with E-state index in [1.165, 1.54) is 96.5 Å². The zero-order valence-electron chi connectivity index (χ0n) is 34.2. The molecule has 294 valence electrons. The van der Waals surface area contributed by atoms with E-state index >= 15 is 0 Å². The molecule has 3 heteroatoms. The first-order valence-corrected chi connectivity index (χ1v) is 22.4. The Morgan fingerprint density at radius 2 is 0.794 bits per heavy atom. The maximum absolute atomic E-state index is 2.47. The van der Waals surface area contributed by atoms with E-state index in [0.29, 0.717) is 0 Å². The van der Waals surface area contributed by atoms with Crippen molar-refractivity contribution in [3.05, 3.63) is 231 Å². The summed E-state index contributed by atoms with van der Waals surface area (Å²) < 4.78 is 5.12. The van der Waals surface area contributed by atoms with Crippen molar-refractivity contribution in [2.75, 3.05) is 4.90 Å². The van der Waals surface area contributed by atoms with E-state index in [1.807, 2.05) is 11.3 Å². The monoisotopic (exact) mass is 818 g/mol. The van der Waals surface area contributed by atoms with E-state index in [1.54, 1.807) is 0 Å². The van der Waals surface area contributed by atoms with Gasteiger partial charge in [-0.2, -0.15) is 0 Å². The fourth-order valence-corrected chi connectivity index (χ4v) is 11.3. The Labute approximate surface area is 368 Å². The normalized spacial score (nSPS) is 11.8. The van der Waals surface area contributed by atoms with Crippen LogP contribution < -0.4 is 4.90 Å². The van der Waals surface area contributed by atoms with Crippen molar-refractivity contribution in [2.24, 2.45) is 0 Å². The van der Waals surface area contributed by atoms with Crippen LogP contribution in [0.5, 0.6) is 0 Å². The van der Waals surface area contributed by atoms with Gasteiger partial charge in [-0.1, -0.05) is 152 Å². The summed E-state index contributed by atoms with van der Waals surface area (Å²) >= 11 is 1.89. The van der Waals surface area contributed by atoms with Crippen LogP contribution in [0.3, 0.4) is 0 Å². The van der Waals surface area contributed by atoms with Gasteiger partial charge in [0.2, 0.25) is 0 Å². The minimum absolute atomic E-state index is 1.12. The molecular formula is C60H38N2S. The van der Waals surface area contributed by atoms with Gasteiger partial charge in [-0.05, 0) is 133 Å². The van der Waals surface area contributed by atoms with E-state index in [2.05, 4.69) is 240 Å². The van der Waals surface area contributed by atoms with Gasteiger partial charge in [0.1, 0.15) is 0 Å². The van der Waals surface area contributed by atoms with Gasteiger partial charge < -0.3 is 9.47 Å². The number of benzene rings is 11. The molecule has 2 nitrogen and oxygen atoms in total. The Hall–Kier alpha value is -7.98. The molecule has 0 aliphatic carbocycles. The Morgan fingerprint density at radius 1 is 0.302 bits per heavy atom. The van der Waals surface area contributed by atoms with Crippen molar-refractivity contribution >= 4 is 103 Å². The van der Waals surface area contributed by atoms with Crippen LogP contribution >= 0.6 is 11.3 Å². The molecule has 13 rings (SSSR count). The van der Waals surface area contributed by atoms with Crippen LogP contribution in [0, 0.1) is 0 Å². The molecule has 0 saturated heterocycles. The molecule has 0 fully saturated rings. The third-order valence-electron chi connectivity index (χ3n) is 13.0. The van der Waals surface area contributed by atoms with Gasteiger partial charge in [0.15, 0.2) is 0 Å². The minimum atomic E-state index is 1.12. The summed E-state index contributed by atoms with van der Waals surface area (Å²) in [6.07, 6.45) is 0. The molecule has 11 aromatic carbocycles. The highest BCUT2D eigenvalue weighted by molar-refractivity contribution is 7.26. The lowest BCUT2D eigenvalue weighted by Gasteiger charge is -2.25. The molecule has 0 bridgehead atoms. The Balaban J connectivity index is 1.01. The maximum Gasteiger partial charge on any atom is 0.0541 e. The van der Waals surface area contributed by atoms with E-state index < -0.39 is 0 Å². The van der Waals surface area contributed by atoms with Crippen LogP contribution in [-0.2, 0) is 0 Å². The van der Waals surface area contributed by atoms with Gasteiger partial charge in [-0.25, -0.2) is 0 Å². The van der Waals surface area contributed by atoms with Crippen molar-refractivity contribution < 1.29 is 0 Å². The van der Waals surface area contributed by atoms with Crippen molar-refractivity contribution in [3.8, 4) is 27.9 Å². The summed E-state index contributed by atoms with van der Waals surface area (Å²) in [5.74, 6) is 0. The van der Waals surface area contributed by atoms with E-state index in [0.717, 1.165) is 22.7 Å². The van der Waals surface area contributed by atoms with E-state index in [4.69, 9.17) is 0 Å². The highest BCUT2D eigenvalue weighted by Gasteiger charge is 2.19. The smallest absolute Gasteiger partial charge is 0.0541 e. The number of nitrogens with zero attached hydrogens (tertiary/aromatic N) is 2. The fraction of sp³-hybridized carbons (Fsp3) is 0. The number of rotatable bonds is 6. The summed E-state index contributed by atoms with van der Waals surface area (Å²) in [6, 6.07) is 84.6. The summed E-state index contributed by atoms with van der Waals surface area (Å²) in [5, 5.41) is 12.8. The average molecular weight is 819 g/mol. The summed E-state index contributed by atoms with van der Waals surface area (Å²) in [5.41, 5.74) is 11.8. The second-order valence-corrected chi connectivity index (χ2v) is 17.5. The molecule has 2 heterocycles.